The Morgan fingerprint density at radius 1 is 1.36 bits per heavy atom. The molecular weight excluding hydrogens is 336 g/mol. The van der Waals surface area contributed by atoms with E-state index >= 15 is 0 Å². The number of aromatic nitrogens is 3. The number of hydrogen-bond acceptors (Lipinski definition) is 5. The van der Waals surface area contributed by atoms with Crippen LogP contribution in [0.25, 0.3) is 11.4 Å². The van der Waals surface area contributed by atoms with Crippen molar-refractivity contribution in [3.8, 4) is 11.4 Å². The first-order chi connectivity index (χ1) is 11.9. The van der Waals surface area contributed by atoms with Crippen LogP contribution in [0.2, 0.25) is 0 Å². The van der Waals surface area contributed by atoms with Gasteiger partial charge in [-0.2, -0.15) is 0 Å². The maximum absolute atomic E-state index is 12.6. The van der Waals surface area contributed by atoms with E-state index in [-0.39, 0.29) is 18.0 Å². The number of nitrogens with zero attached hydrogens (tertiary/aromatic N) is 4. The molecule has 0 bridgehead atoms. The predicted molar refractivity (Wildman–Crippen MR) is 101 cm³/mol. The smallest absolute Gasteiger partial charge is 0.233 e. The molecule has 0 unspecified atom stereocenters. The number of thioether (sulfide) groups is 1. The summed E-state index contributed by atoms with van der Waals surface area (Å²) in [7, 11) is 0. The van der Waals surface area contributed by atoms with Gasteiger partial charge in [0, 0.05) is 18.6 Å². The molecule has 2 aromatic rings. The average Bonchev–Trinajstić information content (AvgIpc) is 3.11. The minimum absolute atomic E-state index is 0.101. The number of furan rings is 1. The Morgan fingerprint density at radius 3 is 2.56 bits per heavy atom. The van der Waals surface area contributed by atoms with Gasteiger partial charge in [-0.05, 0) is 40.7 Å². The third kappa shape index (κ3) is 4.34. The third-order valence-electron chi connectivity index (χ3n) is 3.85. The second-order valence-corrected chi connectivity index (χ2v) is 7.32. The Kier molecular flexibility index (Phi) is 6.47. The first kappa shape index (κ1) is 19.3. The molecule has 2 aromatic heterocycles. The fourth-order valence-corrected chi connectivity index (χ4v) is 3.70. The van der Waals surface area contributed by atoms with Gasteiger partial charge in [0.1, 0.15) is 5.76 Å². The van der Waals surface area contributed by atoms with Gasteiger partial charge in [0.25, 0.3) is 0 Å². The molecule has 2 rings (SSSR count). The molecule has 0 saturated heterocycles. The molecule has 7 heteroatoms. The largest absolute Gasteiger partial charge is 0.469 e. The molecule has 0 aliphatic rings. The molecule has 0 aliphatic heterocycles. The summed E-state index contributed by atoms with van der Waals surface area (Å²) < 4.78 is 7.33. The van der Waals surface area contributed by atoms with Gasteiger partial charge in [-0.3, -0.25) is 9.36 Å². The Bertz CT molecular complexity index is 725. The number of hydrogen-bond donors (Lipinski definition) is 0. The van der Waals surface area contributed by atoms with Gasteiger partial charge in [-0.15, -0.1) is 16.8 Å². The lowest BCUT2D eigenvalue weighted by Gasteiger charge is -2.30. The van der Waals surface area contributed by atoms with Crippen molar-refractivity contribution in [2.24, 2.45) is 0 Å². The summed E-state index contributed by atoms with van der Waals surface area (Å²) in [5.41, 5.74) is 0.901. The molecule has 0 saturated carbocycles. The van der Waals surface area contributed by atoms with Crippen molar-refractivity contribution in [3.05, 3.63) is 30.7 Å². The van der Waals surface area contributed by atoms with Gasteiger partial charge < -0.3 is 9.32 Å². The summed E-state index contributed by atoms with van der Waals surface area (Å²) in [5, 5.41) is 9.26. The lowest BCUT2D eigenvalue weighted by atomic mass is 10.2. The van der Waals surface area contributed by atoms with Crippen molar-refractivity contribution >= 4 is 17.7 Å². The highest BCUT2D eigenvalue weighted by Gasteiger charge is 2.22. The van der Waals surface area contributed by atoms with E-state index in [1.807, 2.05) is 50.2 Å². The zero-order valence-corrected chi connectivity index (χ0v) is 16.3. The Balaban J connectivity index is 2.20. The van der Waals surface area contributed by atoms with Crippen molar-refractivity contribution in [1.82, 2.24) is 19.7 Å². The summed E-state index contributed by atoms with van der Waals surface area (Å²) in [6.07, 6.45) is 3.43. The van der Waals surface area contributed by atoms with Crippen LogP contribution in [0.15, 0.2) is 34.6 Å². The fourth-order valence-electron chi connectivity index (χ4n) is 2.88. The number of aryl methyl sites for hydroxylation is 1. The highest BCUT2D eigenvalue weighted by molar-refractivity contribution is 7.99. The van der Waals surface area contributed by atoms with Crippen LogP contribution >= 0.6 is 11.8 Å². The van der Waals surface area contributed by atoms with Crippen LogP contribution in [0.3, 0.4) is 0 Å². The molecule has 25 heavy (non-hydrogen) atoms. The van der Waals surface area contributed by atoms with E-state index < -0.39 is 0 Å². The van der Waals surface area contributed by atoms with Crippen molar-refractivity contribution in [1.29, 1.82) is 0 Å². The van der Waals surface area contributed by atoms with E-state index in [1.165, 1.54) is 11.8 Å². The number of amides is 1. The van der Waals surface area contributed by atoms with E-state index in [0.29, 0.717) is 17.5 Å². The maximum atomic E-state index is 12.6. The van der Waals surface area contributed by atoms with Crippen molar-refractivity contribution in [3.63, 3.8) is 0 Å². The first-order valence-electron chi connectivity index (χ1n) is 8.39. The minimum Gasteiger partial charge on any atom is -0.469 e. The van der Waals surface area contributed by atoms with E-state index in [4.69, 9.17) is 4.42 Å². The van der Waals surface area contributed by atoms with Gasteiger partial charge in [-0.1, -0.05) is 17.8 Å². The van der Waals surface area contributed by atoms with Crippen molar-refractivity contribution in [2.75, 3.05) is 5.75 Å². The minimum atomic E-state index is 0.101. The van der Waals surface area contributed by atoms with Gasteiger partial charge in [0.2, 0.25) is 5.91 Å². The molecule has 136 valence electrons. The summed E-state index contributed by atoms with van der Waals surface area (Å²) in [6.45, 7) is 14.4. The summed E-state index contributed by atoms with van der Waals surface area (Å²) >= 11 is 1.40. The molecule has 0 atom stereocenters. The fraction of sp³-hybridized carbons (Fsp3) is 0.500. The number of carbonyl (C=O) groups excluding carboxylic acids is 1. The second-order valence-electron chi connectivity index (χ2n) is 6.37. The molecule has 1 amide bonds. The van der Waals surface area contributed by atoms with Gasteiger partial charge in [-0.25, -0.2) is 0 Å². The van der Waals surface area contributed by atoms with Crippen LogP contribution in [-0.2, 0) is 11.3 Å². The van der Waals surface area contributed by atoms with Crippen LogP contribution < -0.4 is 0 Å². The first-order valence-corrected chi connectivity index (χ1v) is 9.37. The molecule has 0 aliphatic carbocycles. The van der Waals surface area contributed by atoms with Crippen LogP contribution in [-0.4, -0.2) is 43.4 Å². The number of allylic oxidation sites excluding steroid dienone is 1. The van der Waals surface area contributed by atoms with Crippen molar-refractivity contribution < 1.29 is 9.21 Å². The lowest BCUT2D eigenvalue weighted by Crippen LogP contribution is -2.43. The predicted octanol–water partition coefficient (Wildman–Crippen LogP) is 3.77. The summed E-state index contributed by atoms with van der Waals surface area (Å²) in [5.74, 6) is 1.95. The zero-order valence-electron chi connectivity index (χ0n) is 15.5. The molecule has 0 N–H and O–H groups in total. The molecule has 6 nitrogen and oxygen atoms in total. The number of carbonyl (C=O) groups is 1. The number of rotatable bonds is 8. The van der Waals surface area contributed by atoms with Crippen LogP contribution in [0.1, 0.15) is 33.5 Å². The third-order valence-corrected chi connectivity index (χ3v) is 4.81. The quantitative estimate of drug-likeness (QED) is 0.528. The topological polar surface area (TPSA) is 64.2 Å². The van der Waals surface area contributed by atoms with Gasteiger partial charge >= 0.3 is 0 Å². The van der Waals surface area contributed by atoms with Crippen LogP contribution in [0, 0.1) is 6.92 Å². The zero-order chi connectivity index (χ0) is 18.6. The molecule has 2 heterocycles. The summed E-state index contributed by atoms with van der Waals surface area (Å²) in [6, 6.07) is 2.21. The highest BCUT2D eigenvalue weighted by atomic mass is 32.2. The Labute approximate surface area is 153 Å². The molecule has 0 spiro atoms. The Morgan fingerprint density at radius 2 is 2.04 bits per heavy atom. The highest BCUT2D eigenvalue weighted by Crippen LogP contribution is 2.27. The van der Waals surface area contributed by atoms with Gasteiger partial charge in [0.15, 0.2) is 11.0 Å². The molecule has 0 fully saturated rings. The van der Waals surface area contributed by atoms with E-state index in [2.05, 4.69) is 16.8 Å². The Hall–Kier alpha value is -2.02. The van der Waals surface area contributed by atoms with Crippen molar-refractivity contribution in [2.45, 2.75) is 58.4 Å². The van der Waals surface area contributed by atoms with Gasteiger partial charge in [0.05, 0.1) is 17.6 Å². The maximum Gasteiger partial charge on any atom is 0.233 e. The lowest BCUT2D eigenvalue weighted by molar-refractivity contribution is -0.131. The van der Waals surface area contributed by atoms with E-state index in [0.717, 1.165) is 17.1 Å². The van der Waals surface area contributed by atoms with Crippen LogP contribution in [0.4, 0.5) is 0 Å². The van der Waals surface area contributed by atoms with Crippen LogP contribution in [0.5, 0.6) is 0 Å². The summed E-state index contributed by atoms with van der Waals surface area (Å²) in [4.78, 5) is 14.5. The van der Waals surface area contributed by atoms with E-state index in [9.17, 15) is 4.79 Å². The molecular formula is C18H26N4O2S. The molecule has 0 aromatic carbocycles. The second kappa shape index (κ2) is 8.38. The van der Waals surface area contributed by atoms with E-state index in [1.54, 1.807) is 12.3 Å². The molecule has 0 radical (unpaired) electrons. The normalized spacial score (nSPS) is 11.3. The average molecular weight is 362 g/mol. The monoisotopic (exact) mass is 362 g/mol. The standard InChI is InChI=1S/C18H26N4O2S/c1-7-9-21-17(15-8-10-24-14(15)6)19-20-18(21)25-11-16(23)22(12(2)3)13(4)5/h7-8,10,12-13H,1,9,11H2,2-6H3. The SMILES string of the molecule is C=CCn1c(SCC(=O)N(C(C)C)C(C)C)nnc1-c1ccoc1C.